The van der Waals surface area contributed by atoms with Crippen LogP contribution in [0, 0.1) is 5.82 Å². The van der Waals surface area contributed by atoms with Crippen LogP contribution in [0.1, 0.15) is 12.8 Å². The smallest absolute Gasteiger partial charge is 0.260 e. The van der Waals surface area contributed by atoms with E-state index in [1.54, 1.807) is 12.1 Å². The molecule has 8 nitrogen and oxygen atoms in total. The van der Waals surface area contributed by atoms with Crippen LogP contribution in [0.2, 0.25) is 0 Å². The molecule has 5 rings (SSSR count). The van der Waals surface area contributed by atoms with Crippen LogP contribution in [0.4, 0.5) is 16.2 Å². The van der Waals surface area contributed by atoms with E-state index in [0.717, 1.165) is 18.4 Å². The van der Waals surface area contributed by atoms with Gasteiger partial charge in [0.15, 0.2) is 12.4 Å². The van der Waals surface area contributed by atoms with Crippen molar-refractivity contribution >= 4 is 28.7 Å². The Morgan fingerprint density at radius 2 is 1.74 bits per heavy atom. The number of fused-ring (bicyclic) bond motifs is 1. The number of amides is 1. The third-order valence-corrected chi connectivity index (χ3v) is 5.99. The molecule has 3 N–H and O–H groups in total. The molecule has 1 saturated heterocycles. The number of carbonyl (C=O) groups is 1. The van der Waals surface area contributed by atoms with E-state index >= 15 is 0 Å². The molecule has 0 spiro atoms. The van der Waals surface area contributed by atoms with Crippen molar-refractivity contribution in [3.05, 3.63) is 72.5 Å². The number of benzene rings is 2. The van der Waals surface area contributed by atoms with Crippen LogP contribution in [0.25, 0.3) is 22.3 Å². The normalized spacial score (nSPS) is 14.1. The Morgan fingerprint density at radius 3 is 2.49 bits per heavy atom. The summed E-state index contributed by atoms with van der Waals surface area (Å²) in [5.41, 5.74) is 8.64. The molecule has 2 aromatic carbocycles. The standard InChI is InChI=1S/C26H25FN6O2/c27-18-8-6-17(7-9-18)21-10-11-22-24(30-21)25(32-26(28)31-22)29-19-12-14-33(15-13-19)23(34)16-35-20-4-2-1-3-5-20/h1-11,19H,12-16H2,(H3,28,29,31,32). The van der Waals surface area contributed by atoms with Gasteiger partial charge in [-0.3, -0.25) is 4.79 Å². The number of hydrogen-bond acceptors (Lipinski definition) is 7. The second-order valence-electron chi connectivity index (χ2n) is 8.40. The number of para-hydroxylation sites is 1. The topological polar surface area (TPSA) is 106 Å². The lowest BCUT2D eigenvalue weighted by atomic mass is 10.0. The van der Waals surface area contributed by atoms with E-state index in [0.29, 0.717) is 41.4 Å². The van der Waals surface area contributed by atoms with Gasteiger partial charge in [-0.2, -0.15) is 4.98 Å². The van der Waals surface area contributed by atoms with Crippen molar-refractivity contribution in [2.24, 2.45) is 0 Å². The third kappa shape index (κ3) is 5.29. The maximum Gasteiger partial charge on any atom is 0.260 e. The highest BCUT2D eigenvalue weighted by Gasteiger charge is 2.24. The number of nitrogens with zero attached hydrogens (tertiary/aromatic N) is 4. The Morgan fingerprint density at radius 1 is 1.00 bits per heavy atom. The molecule has 0 saturated carbocycles. The van der Waals surface area contributed by atoms with E-state index < -0.39 is 0 Å². The van der Waals surface area contributed by atoms with Crippen molar-refractivity contribution in [2.45, 2.75) is 18.9 Å². The molecule has 1 fully saturated rings. The third-order valence-electron chi connectivity index (χ3n) is 5.99. The number of nitrogens with one attached hydrogen (secondary N) is 1. The van der Waals surface area contributed by atoms with E-state index in [1.807, 2.05) is 47.4 Å². The average Bonchev–Trinajstić information content (AvgIpc) is 2.88. The van der Waals surface area contributed by atoms with Gasteiger partial charge in [-0.05, 0) is 61.4 Å². The molecule has 0 unspecified atom stereocenters. The molecule has 178 valence electrons. The zero-order valence-electron chi connectivity index (χ0n) is 19.0. The van der Waals surface area contributed by atoms with Crippen LogP contribution in [-0.4, -0.2) is 51.5 Å². The predicted molar refractivity (Wildman–Crippen MR) is 132 cm³/mol. The number of rotatable bonds is 6. The average molecular weight is 473 g/mol. The van der Waals surface area contributed by atoms with E-state index in [-0.39, 0.29) is 30.3 Å². The van der Waals surface area contributed by atoms with E-state index in [9.17, 15) is 9.18 Å². The number of halogens is 1. The molecule has 0 aliphatic carbocycles. The zero-order chi connectivity index (χ0) is 24.2. The minimum atomic E-state index is -0.301. The maximum absolute atomic E-state index is 13.3. The Balaban J connectivity index is 1.26. The minimum Gasteiger partial charge on any atom is -0.484 e. The molecule has 2 aromatic heterocycles. The first kappa shape index (κ1) is 22.5. The van der Waals surface area contributed by atoms with Gasteiger partial charge < -0.3 is 20.7 Å². The number of carbonyl (C=O) groups excluding carboxylic acids is 1. The Bertz CT molecular complexity index is 1330. The highest BCUT2D eigenvalue weighted by molar-refractivity contribution is 5.88. The van der Waals surface area contributed by atoms with E-state index in [2.05, 4.69) is 15.3 Å². The van der Waals surface area contributed by atoms with Crippen LogP contribution >= 0.6 is 0 Å². The van der Waals surface area contributed by atoms with Crippen molar-refractivity contribution in [2.75, 3.05) is 30.7 Å². The highest BCUT2D eigenvalue weighted by Crippen LogP contribution is 2.26. The van der Waals surface area contributed by atoms with Gasteiger partial charge in [-0.1, -0.05) is 18.2 Å². The van der Waals surface area contributed by atoms with Gasteiger partial charge in [0.2, 0.25) is 5.95 Å². The van der Waals surface area contributed by atoms with Gasteiger partial charge >= 0.3 is 0 Å². The Hall–Kier alpha value is -4.27. The van der Waals surface area contributed by atoms with Crippen molar-refractivity contribution in [3.63, 3.8) is 0 Å². The molecular weight excluding hydrogens is 447 g/mol. The summed E-state index contributed by atoms with van der Waals surface area (Å²) in [6.07, 6.45) is 1.50. The summed E-state index contributed by atoms with van der Waals surface area (Å²) in [6, 6.07) is 19.2. The number of ether oxygens (including phenoxy) is 1. The first-order chi connectivity index (χ1) is 17.0. The number of likely N-dealkylation sites (tertiary alicyclic amines) is 1. The molecule has 9 heteroatoms. The molecule has 35 heavy (non-hydrogen) atoms. The lowest BCUT2D eigenvalue weighted by Crippen LogP contribution is -2.44. The fraction of sp³-hybridized carbons (Fsp3) is 0.231. The molecule has 1 aliphatic heterocycles. The van der Waals surface area contributed by atoms with Crippen molar-refractivity contribution in [1.82, 2.24) is 19.9 Å². The quantitative estimate of drug-likeness (QED) is 0.438. The number of hydrogen-bond donors (Lipinski definition) is 2. The van der Waals surface area contributed by atoms with Gasteiger partial charge in [0, 0.05) is 24.7 Å². The van der Waals surface area contributed by atoms with Gasteiger partial charge in [-0.15, -0.1) is 0 Å². The Labute approximate surface area is 202 Å². The zero-order valence-corrected chi connectivity index (χ0v) is 19.0. The van der Waals surface area contributed by atoms with Crippen LogP contribution in [0.15, 0.2) is 66.7 Å². The second kappa shape index (κ2) is 9.92. The van der Waals surface area contributed by atoms with Gasteiger partial charge in [0.25, 0.3) is 5.91 Å². The molecule has 0 atom stereocenters. The number of nitrogen functional groups attached to an aromatic ring is 1. The number of anilines is 2. The Kier molecular flexibility index (Phi) is 6.38. The van der Waals surface area contributed by atoms with Crippen LogP contribution < -0.4 is 15.8 Å². The van der Waals surface area contributed by atoms with Gasteiger partial charge in [-0.25, -0.2) is 14.4 Å². The maximum atomic E-state index is 13.3. The predicted octanol–water partition coefficient (Wildman–Crippen LogP) is 3.90. The minimum absolute atomic E-state index is 0.0191. The van der Waals surface area contributed by atoms with Crippen molar-refractivity contribution in [3.8, 4) is 17.0 Å². The van der Waals surface area contributed by atoms with Crippen LogP contribution in [-0.2, 0) is 4.79 Å². The van der Waals surface area contributed by atoms with Crippen molar-refractivity contribution in [1.29, 1.82) is 0 Å². The monoisotopic (exact) mass is 472 g/mol. The summed E-state index contributed by atoms with van der Waals surface area (Å²) in [4.78, 5) is 27.8. The van der Waals surface area contributed by atoms with E-state index in [4.69, 9.17) is 15.5 Å². The summed E-state index contributed by atoms with van der Waals surface area (Å²) in [7, 11) is 0. The molecular formula is C26H25FN6O2. The largest absolute Gasteiger partial charge is 0.484 e. The summed E-state index contributed by atoms with van der Waals surface area (Å²) in [6.45, 7) is 1.24. The number of nitrogens with two attached hydrogens (primary N) is 1. The summed E-state index contributed by atoms with van der Waals surface area (Å²) in [5, 5.41) is 3.45. The number of aromatic nitrogens is 3. The first-order valence-electron chi connectivity index (χ1n) is 11.5. The first-order valence-corrected chi connectivity index (χ1v) is 11.5. The van der Waals surface area contributed by atoms with Gasteiger partial charge in [0.1, 0.15) is 17.1 Å². The number of piperidine rings is 1. The lowest BCUT2D eigenvalue weighted by molar-refractivity contribution is -0.134. The molecule has 4 aromatic rings. The SMILES string of the molecule is Nc1nc(NC2CCN(C(=O)COc3ccccc3)CC2)c2nc(-c3ccc(F)cc3)ccc2n1. The molecule has 1 amide bonds. The molecule has 1 aliphatic rings. The fourth-order valence-electron chi connectivity index (χ4n) is 4.13. The highest BCUT2D eigenvalue weighted by atomic mass is 19.1. The molecule has 3 heterocycles. The van der Waals surface area contributed by atoms with Gasteiger partial charge in [0.05, 0.1) is 11.2 Å². The summed E-state index contributed by atoms with van der Waals surface area (Å²) < 4.78 is 18.9. The molecule has 0 radical (unpaired) electrons. The number of pyridine rings is 1. The lowest BCUT2D eigenvalue weighted by Gasteiger charge is -2.32. The molecule has 0 bridgehead atoms. The van der Waals surface area contributed by atoms with Crippen LogP contribution in [0.5, 0.6) is 5.75 Å². The van der Waals surface area contributed by atoms with Crippen molar-refractivity contribution < 1.29 is 13.9 Å². The fourth-order valence-corrected chi connectivity index (χ4v) is 4.13. The second-order valence-corrected chi connectivity index (χ2v) is 8.40. The van der Waals surface area contributed by atoms with Crippen LogP contribution in [0.3, 0.4) is 0 Å². The summed E-state index contributed by atoms with van der Waals surface area (Å²) in [5.74, 6) is 1.05. The van der Waals surface area contributed by atoms with E-state index in [1.165, 1.54) is 12.1 Å². The summed E-state index contributed by atoms with van der Waals surface area (Å²) >= 11 is 0.